The second-order valence-electron chi connectivity index (χ2n) is 3.24. The molecule has 1 aromatic carbocycles. The van der Waals surface area contributed by atoms with E-state index in [1.165, 1.54) is 5.56 Å². The summed E-state index contributed by atoms with van der Waals surface area (Å²) in [6.45, 7) is 0. The van der Waals surface area contributed by atoms with Crippen molar-refractivity contribution in [3.63, 3.8) is 0 Å². The van der Waals surface area contributed by atoms with Gasteiger partial charge in [-0.2, -0.15) is 0 Å². The summed E-state index contributed by atoms with van der Waals surface area (Å²) in [5.74, 6) is 1.06. The van der Waals surface area contributed by atoms with Gasteiger partial charge in [0.05, 0.1) is 0 Å². The van der Waals surface area contributed by atoms with Crippen LogP contribution in [0.5, 0.6) is 0 Å². The zero-order valence-electron chi connectivity index (χ0n) is 8.56. The van der Waals surface area contributed by atoms with Gasteiger partial charge in [0.15, 0.2) is 0 Å². The molecule has 0 unspecified atom stereocenters. The first kappa shape index (κ1) is 11.5. The van der Waals surface area contributed by atoms with Crippen LogP contribution in [-0.4, -0.2) is 29.1 Å². The predicted octanol–water partition coefficient (Wildman–Crippen LogP) is 2.81. The van der Waals surface area contributed by atoms with Crippen molar-refractivity contribution in [3.05, 3.63) is 35.9 Å². The van der Waals surface area contributed by atoms with Crippen LogP contribution in [0.3, 0.4) is 0 Å². The molecule has 1 nitrogen and oxygen atoms in total. The maximum atomic E-state index is 5.18. The van der Waals surface area contributed by atoms with E-state index in [9.17, 15) is 0 Å². The number of hydrogen-bond donors (Lipinski definition) is 0. The second-order valence-corrected chi connectivity index (χ2v) is 4.97. The molecule has 0 fully saturated rings. The Hall–Kier alpha value is -0.540. The number of thiocarbonyl (C=S) groups is 1. The standard InChI is InChI=1S/C11H15NS2/c1-12(2)11(13)14-9-8-10-6-4-3-5-7-10/h3-7H,8-9H2,1-2H3. The molecular weight excluding hydrogens is 210 g/mol. The molecule has 0 aliphatic rings. The van der Waals surface area contributed by atoms with Crippen LogP contribution in [0.4, 0.5) is 0 Å². The summed E-state index contributed by atoms with van der Waals surface area (Å²) in [6.07, 6.45) is 1.08. The highest BCUT2D eigenvalue weighted by Gasteiger charge is 1.99. The Bertz CT molecular complexity index is 283. The Morgan fingerprint density at radius 1 is 1.29 bits per heavy atom. The van der Waals surface area contributed by atoms with E-state index in [2.05, 4.69) is 24.3 Å². The van der Waals surface area contributed by atoms with Gasteiger partial charge in [-0.25, -0.2) is 0 Å². The molecule has 0 radical (unpaired) electrons. The fourth-order valence-corrected chi connectivity index (χ4v) is 2.05. The van der Waals surface area contributed by atoms with Crippen LogP contribution >= 0.6 is 24.0 Å². The van der Waals surface area contributed by atoms with Crippen LogP contribution in [0.2, 0.25) is 0 Å². The van der Waals surface area contributed by atoms with Crippen LogP contribution in [-0.2, 0) is 6.42 Å². The maximum Gasteiger partial charge on any atom is 0.135 e. The number of aryl methyl sites for hydroxylation is 1. The first-order valence-electron chi connectivity index (χ1n) is 4.58. The lowest BCUT2D eigenvalue weighted by Crippen LogP contribution is -2.16. The third kappa shape index (κ3) is 4.11. The summed E-state index contributed by atoms with van der Waals surface area (Å²) in [6, 6.07) is 10.5. The van der Waals surface area contributed by atoms with E-state index in [-0.39, 0.29) is 0 Å². The van der Waals surface area contributed by atoms with Crippen molar-refractivity contribution in [3.8, 4) is 0 Å². The number of thioether (sulfide) groups is 1. The molecule has 3 heteroatoms. The fourth-order valence-electron chi connectivity index (χ4n) is 1.03. The molecule has 0 aromatic heterocycles. The molecule has 0 saturated heterocycles. The van der Waals surface area contributed by atoms with Gasteiger partial charge < -0.3 is 4.90 Å². The maximum absolute atomic E-state index is 5.18. The zero-order chi connectivity index (χ0) is 10.4. The highest BCUT2D eigenvalue weighted by Crippen LogP contribution is 2.10. The largest absolute Gasteiger partial charge is 0.364 e. The molecule has 1 rings (SSSR count). The molecular formula is C11H15NS2. The summed E-state index contributed by atoms with van der Waals surface area (Å²) in [5.41, 5.74) is 1.38. The van der Waals surface area contributed by atoms with E-state index >= 15 is 0 Å². The normalized spacial score (nSPS) is 9.86. The fraction of sp³-hybridized carbons (Fsp3) is 0.364. The Balaban J connectivity index is 2.26. The van der Waals surface area contributed by atoms with Crippen molar-refractivity contribution in [2.45, 2.75) is 6.42 Å². The van der Waals surface area contributed by atoms with Crippen LogP contribution in [0.1, 0.15) is 5.56 Å². The van der Waals surface area contributed by atoms with Crippen LogP contribution < -0.4 is 0 Å². The van der Waals surface area contributed by atoms with Gasteiger partial charge in [0.2, 0.25) is 0 Å². The van der Waals surface area contributed by atoms with E-state index in [0.717, 1.165) is 16.5 Å². The molecule has 0 N–H and O–H groups in total. The smallest absolute Gasteiger partial charge is 0.135 e. The molecule has 14 heavy (non-hydrogen) atoms. The lowest BCUT2D eigenvalue weighted by molar-refractivity contribution is 0.648. The van der Waals surface area contributed by atoms with Gasteiger partial charge in [0.1, 0.15) is 4.32 Å². The van der Waals surface area contributed by atoms with Crippen molar-refractivity contribution < 1.29 is 0 Å². The summed E-state index contributed by atoms with van der Waals surface area (Å²) >= 11 is 6.92. The average Bonchev–Trinajstić information content (AvgIpc) is 2.19. The molecule has 0 aliphatic heterocycles. The van der Waals surface area contributed by atoms with E-state index < -0.39 is 0 Å². The number of rotatable bonds is 3. The second kappa shape index (κ2) is 6.04. The molecule has 0 heterocycles. The van der Waals surface area contributed by atoms with Crippen LogP contribution in [0.15, 0.2) is 30.3 Å². The summed E-state index contributed by atoms with van der Waals surface area (Å²) in [4.78, 5) is 1.98. The Morgan fingerprint density at radius 2 is 1.93 bits per heavy atom. The van der Waals surface area contributed by atoms with Gasteiger partial charge in [0.25, 0.3) is 0 Å². The monoisotopic (exact) mass is 225 g/mol. The summed E-state index contributed by atoms with van der Waals surface area (Å²) < 4.78 is 0.959. The zero-order valence-corrected chi connectivity index (χ0v) is 10.2. The van der Waals surface area contributed by atoms with E-state index in [1.807, 2.05) is 25.1 Å². The quantitative estimate of drug-likeness (QED) is 0.728. The van der Waals surface area contributed by atoms with Gasteiger partial charge in [-0.3, -0.25) is 0 Å². The third-order valence-corrected chi connectivity index (χ3v) is 3.56. The van der Waals surface area contributed by atoms with E-state index in [1.54, 1.807) is 11.8 Å². The third-order valence-electron chi connectivity index (χ3n) is 1.82. The summed E-state index contributed by atoms with van der Waals surface area (Å²) in [5, 5.41) is 0. The number of nitrogens with zero attached hydrogens (tertiary/aromatic N) is 1. The number of benzene rings is 1. The molecule has 0 bridgehead atoms. The highest BCUT2D eigenvalue weighted by atomic mass is 32.2. The number of hydrogen-bond acceptors (Lipinski definition) is 2. The summed E-state index contributed by atoms with van der Waals surface area (Å²) in [7, 11) is 3.97. The van der Waals surface area contributed by atoms with Crippen molar-refractivity contribution >= 4 is 28.3 Å². The topological polar surface area (TPSA) is 3.24 Å². The predicted molar refractivity (Wildman–Crippen MR) is 68.9 cm³/mol. The van der Waals surface area contributed by atoms with E-state index in [4.69, 9.17) is 12.2 Å². The molecule has 76 valence electrons. The molecule has 0 saturated carbocycles. The minimum Gasteiger partial charge on any atom is -0.364 e. The molecule has 1 aromatic rings. The van der Waals surface area contributed by atoms with Crippen molar-refractivity contribution in [1.82, 2.24) is 4.90 Å². The van der Waals surface area contributed by atoms with Gasteiger partial charge >= 0.3 is 0 Å². The Morgan fingerprint density at radius 3 is 2.50 bits per heavy atom. The van der Waals surface area contributed by atoms with Crippen LogP contribution in [0, 0.1) is 0 Å². The first-order valence-corrected chi connectivity index (χ1v) is 5.97. The van der Waals surface area contributed by atoms with Gasteiger partial charge in [-0.05, 0) is 12.0 Å². The van der Waals surface area contributed by atoms with Gasteiger partial charge in [0, 0.05) is 19.8 Å². The SMILES string of the molecule is CN(C)C(=S)SCCc1ccccc1. The minimum atomic E-state index is 0.959. The Labute approximate surface area is 95.5 Å². The van der Waals surface area contributed by atoms with Crippen molar-refractivity contribution in [1.29, 1.82) is 0 Å². The van der Waals surface area contributed by atoms with Crippen molar-refractivity contribution in [2.75, 3.05) is 19.8 Å². The molecule has 0 amide bonds. The lowest BCUT2D eigenvalue weighted by Gasteiger charge is -2.12. The van der Waals surface area contributed by atoms with Gasteiger partial charge in [-0.1, -0.05) is 54.3 Å². The minimum absolute atomic E-state index is 0.959. The first-order chi connectivity index (χ1) is 6.70. The van der Waals surface area contributed by atoms with E-state index in [0.29, 0.717) is 0 Å². The van der Waals surface area contributed by atoms with Crippen LogP contribution in [0.25, 0.3) is 0 Å². The Kier molecular flexibility index (Phi) is 4.98. The molecule has 0 spiro atoms. The lowest BCUT2D eigenvalue weighted by atomic mass is 10.2. The molecule has 0 aliphatic carbocycles. The average molecular weight is 225 g/mol. The highest BCUT2D eigenvalue weighted by molar-refractivity contribution is 8.22. The van der Waals surface area contributed by atoms with Gasteiger partial charge in [-0.15, -0.1) is 0 Å². The van der Waals surface area contributed by atoms with Crippen molar-refractivity contribution in [2.24, 2.45) is 0 Å². The molecule has 0 atom stereocenters.